The maximum absolute atomic E-state index is 12.5. The molecule has 1 heterocycles. The van der Waals surface area contributed by atoms with Crippen molar-refractivity contribution in [2.45, 2.75) is 13.1 Å². The lowest BCUT2D eigenvalue weighted by Crippen LogP contribution is -2.06. The van der Waals surface area contributed by atoms with E-state index in [4.69, 9.17) is 5.73 Å². The number of imidazole rings is 1. The first-order valence-electron chi connectivity index (χ1n) is 4.87. The van der Waals surface area contributed by atoms with Crippen LogP contribution in [-0.4, -0.2) is 9.55 Å². The van der Waals surface area contributed by atoms with E-state index in [9.17, 15) is 13.2 Å². The summed E-state index contributed by atoms with van der Waals surface area (Å²) in [5, 5.41) is 0. The van der Waals surface area contributed by atoms with Gasteiger partial charge in [0.1, 0.15) is 0 Å². The van der Waals surface area contributed by atoms with Gasteiger partial charge in [-0.25, -0.2) is 4.98 Å². The Morgan fingerprint density at radius 2 is 2.00 bits per heavy atom. The summed E-state index contributed by atoms with van der Waals surface area (Å²) in [4.78, 5) is 3.94. The molecule has 2 N–H and O–H groups in total. The highest BCUT2D eigenvalue weighted by Gasteiger charge is 2.30. The molecule has 3 nitrogen and oxygen atoms in total. The molecule has 6 heteroatoms. The van der Waals surface area contributed by atoms with Crippen molar-refractivity contribution in [1.82, 2.24) is 9.55 Å². The quantitative estimate of drug-likeness (QED) is 0.834. The first kappa shape index (κ1) is 11.5. The molecule has 90 valence electrons. The topological polar surface area (TPSA) is 43.8 Å². The molecule has 1 aromatic carbocycles. The Balaban J connectivity index is 2.50. The van der Waals surface area contributed by atoms with Crippen LogP contribution in [0.15, 0.2) is 30.5 Å². The predicted molar refractivity (Wildman–Crippen MR) is 57.7 cm³/mol. The molecule has 2 rings (SSSR count). The summed E-state index contributed by atoms with van der Waals surface area (Å²) in [7, 11) is 0. The van der Waals surface area contributed by atoms with E-state index in [1.54, 1.807) is 19.2 Å². The molecule has 0 saturated heterocycles. The Morgan fingerprint density at radius 1 is 1.29 bits per heavy atom. The van der Waals surface area contributed by atoms with E-state index in [0.717, 1.165) is 12.1 Å². The highest BCUT2D eigenvalue weighted by Crippen LogP contribution is 2.30. The third kappa shape index (κ3) is 2.25. The van der Waals surface area contributed by atoms with E-state index >= 15 is 0 Å². The third-order valence-corrected chi connectivity index (χ3v) is 2.31. The van der Waals surface area contributed by atoms with Gasteiger partial charge in [0.2, 0.25) is 5.95 Å². The average molecular weight is 241 g/mol. The van der Waals surface area contributed by atoms with E-state index in [1.165, 1.54) is 10.6 Å². The van der Waals surface area contributed by atoms with Crippen LogP contribution in [0, 0.1) is 6.92 Å². The van der Waals surface area contributed by atoms with Crippen LogP contribution in [0.2, 0.25) is 0 Å². The summed E-state index contributed by atoms with van der Waals surface area (Å²) >= 11 is 0. The van der Waals surface area contributed by atoms with Crippen LogP contribution in [0.3, 0.4) is 0 Å². The van der Waals surface area contributed by atoms with Gasteiger partial charge in [0.05, 0.1) is 11.3 Å². The first-order chi connectivity index (χ1) is 7.88. The Morgan fingerprint density at radius 3 is 2.53 bits per heavy atom. The molecule has 17 heavy (non-hydrogen) atoms. The highest BCUT2D eigenvalue weighted by atomic mass is 19.4. The van der Waals surface area contributed by atoms with Crippen molar-refractivity contribution in [2.75, 3.05) is 5.73 Å². The molecule has 0 unspecified atom stereocenters. The number of anilines is 1. The van der Waals surface area contributed by atoms with E-state index in [-0.39, 0.29) is 5.95 Å². The van der Waals surface area contributed by atoms with Crippen LogP contribution in [0.25, 0.3) is 5.69 Å². The zero-order chi connectivity index (χ0) is 12.6. The van der Waals surface area contributed by atoms with Gasteiger partial charge < -0.3 is 5.73 Å². The molecule has 0 radical (unpaired) electrons. The Hall–Kier alpha value is -1.98. The maximum atomic E-state index is 12.5. The fourth-order valence-corrected chi connectivity index (χ4v) is 1.56. The van der Waals surface area contributed by atoms with Crippen LogP contribution in [0.5, 0.6) is 0 Å². The van der Waals surface area contributed by atoms with Gasteiger partial charge in [0, 0.05) is 11.9 Å². The minimum absolute atomic E-state index is 0.168. The van der Waals surface area contributed by atoms with Crippen LogP contribution in [0.4, 0.5) is 19.1 Å². The Labute approximate surface area is 95.7 Å². The number of nitrogens with two attached hydrogens (primary N) is 1. The van der Waals surface area contributed by atoms with E-state index in [2.05, 4.69) is 4.98 Å². The summed E-state index contributed by atoms with van der Waals surface area (Å²) in [6.45, 7) is 1.72. The van der Waals surface area contributed by atoms with Crippen LogP contribution in [0.1, 0.15) is 11.3 Å². The number of hydrogen-bond acceptors (Lipinski definition) is 2. The van der Waals surface area contributed by atoms with Gasteiger partial charge in [-0.2, -0.15) is 13.2 Å². The first-order valence-corrected chi connectivity index (χ1v) is 4.87. The molecule has 0 spiro atoms. The normalized spacial score (nSPS) is 11.8. The van der Waals surface area contributed by atoms with E-state index < -0.39 is 11.7 Å². The molecule has 2 aromatic rings. The molecular weight excluding hydrogens is 231 g/mol. The lowest BCUT2D eigenvalue weighted by molar-refractivity contribution is -0.137. The van der Waals surface area contributed by atoms with Gasteiger partial charge in [-0.15, -0.1) is 0 Å². The number of hydrogen-bond donors (Lipinski definition) is 1. The lowest BCUT2D eigenvalue weighted by Gasteiger charge is -2.09. The molecule has 0 aliphatic carbocycles. The number of nitrogen functional groups attached to an aromatic ring is 1. The summed E-state index contributed by atoms with van der Waals surface area (Å²) in [5.74, 6) is 0.168. The standard InChI is InChI=1S/C11H10F3N3/c1-7-6-17(10(15)16-7)9-4-2-3-8(5-9)11(12,13)14/h2-6H,1H3,(H2,15,16). The number of nitrogens with zero attached hydrogens (tertiary/aromatic N) is 2. The van der Waals surface area contributed by atoms with Crippen LogP contribution in [-0.2, 0) is 6.18 Å². The number of alkyl halides is 3. The minimum Gasteiger partial charge on any atom is -0.369 e. The second-order valence-corrected chi connectivity index (χ2v) is 3.66. The largest absolute Gasteiger partial charge is 0.416 e. The van der Waals surface area contributed by atoms with Crippen LogP contribution < -0.4 is 5.73 Å². The number of aromatic nitrogens is 2. The fraction of sp³-hybridized carbons (Fsp3) is 0.182. The Bertz CT molecular complexity index is 543. The molecule has 0 aliphatic rings. The minimum atomic E-state index is -4.36. The SMILES string of the molecule is Cc1cn(-c2cccc(C(F)(F)F)c2)c(N)n1. The number of rotatable bonds is 1. The average Bonchev–Trinajstić information content (AvgIpc) is 2.57. The van der Waals surface area contributed by atoms with Gasteiger partial charge in [0.25, 0.3) is 0 Å². The number of benzene rings is 1. The highest BCUT2D eigenvalue weighted by molar-refractivity contribution is 5.43. The smallest absolute Gasteiger partial charge is 0.369 e. The zero-order valence-corrected chi connectivity index (χ0v) is 8.99. The molecule has 0 saturated carbocycles. The van der Waals surface area contributed by atoms with Gasteiger partial charge >= 0.3 is 6.18 Å². The number of aryl methyl sites for hydroxylation is 1. The summed E-state index contributed by atoms with van der Waals surface area (Å²) in [6.07, 6.45) is -2.77. The van der Waals surface area contributed by atoms with Crippen molar-refractivity contribution in [1.29, 1.82) is 0 Å². The summed E-state index contributed by atoms with van der Waals surface area (Å²) < 4.78 is 39.0. The Kier molecular flexibility index (Phi) is 2.57. The molecular formula is C11H10F3N3. The third-order valence-electron chi connectivity index (χ3n) is 2.31. The van der Waals surface area contributed by atoms with Crippen molar-refractivity contribution in [2.24, 2.45) is 0 Å². The number of halogens is 3. The van der Waals surface area contributed by atoms with Gasteiger partial charge in [0.15, 0.2) is 0 Å². The summed E-state index contributed by atoms with van der Waals surface area (Å²) in [6, 6.07) is 4.95. The van der Waals surface area contributed by atoms with Crippen molar-refractivity contribution in [3.05, 3.63) is 41.7 Å². The van der Waals surface area contributed by atoms with E-state index in [0.29, 0.717) is 11.4 Å². The van der Waals surface area contributed by atoms with Crippen molar-refractivity contribution >= 4 is 5.95 Å². The second-order valence-electron chi connectivity index (χ2n) is 3.66. The van der Waals surface area contributed by atoms with Crippen LogP contribution >= 0.6 is 0 Å². The monoisotopic (exact) mass is 241 g/mol. The lowest BCUT2D eigenvalue weighted by atomic mass is 10.2. The molecule has 0 amide bonds. The van der Waals surface area contributed by atoms with Crippen molar-refractivity contribution < 1.29 is 13.2 Å². The van der Waals surface area contributed by atoms with Crippen molar-refractivity contribution in [3.8, 4) is 5.69 Å². The van der Waals surface area contributed by atoms with Gasteiger partial charge in [-0.1, -0.05) is 6.07 Å². The summed E-state index contributed by atoms with van der Waals surface area (Å²) in [5.41, 5.74) is 5.89. The second kappa shape index (κ2) is 3.80. The molecule has 0 aliphatic heterocycles. The zero-order valence-electron chi connectivity index (χ0n) is 8.99. The van der Waals surface area contributed by atoms with Gasteiger partial charge in [-0.3, -0.25) is 4.57 Å². The molecule has 0 fully saturated rings. The molecule has 0 atom stereocenters. The fourth-order valence-electron chi connectivity index (χ4n) is 1.56. The molecule has 1 aromatic heterocycles. The molecule has 0 bridgehead atoms. The van der Waals surface area contributed by atoms with Crippen molar-refractivity contribution in [3.63, 3.8) is 0 Å². The van der Waals surface area contributed by atoms with E-state index in [1.807, 2.05) is 0 Å². The van der Waals surface area contributed by atoms with Gasteiger partial charge in [-0.05, 0) is 25.1 Å². The predicted octanol–water partition coefficient (Wildman–Crippen LogP) is 2.78. The maximum Gasteiger partial charge on any atom is 0.416 e.